The van der Waals surface area contributed by atoms with Crippen molar-refractivity contribution in [2.75, 3.05) is 0 Å². The Labute approximate surface area is 116 Å². The molecule has 0 saturated heterocycles. The van der Waals surface area contributed by atoms with Crippen molar-refractivity contribution in [3.8, 4) is 5.75 Å². The minimum atomic E-state index is -4.54. The summed E-state index contributed by atoms with van der Waals surface area (Å²) < 4.78 is 48.1. The molecule has 0 bridgehead atoms. The number of alkyl halides is 3. The number of carbonyl (C=O) groups excluding carboxylic acids is 1. The summed E-state index contributed by atoms with van der Waals surface area (Å²) in [6, 6.07) is 3.88. The number of esters is 1. The zero-order valence-electron chi connectivity index (χ0n) is 11.0. The highest BCUT2D eigenvalue weighted by molar-refractivity contribution is 5.90. The predicted molar refractivity (Wildman–Crippen MR) is 65.1 cm³/mol. The third-order valence-electron chi connectivity index (χ3n) is 2.76. The van der Waals surface area contributed by atoms with Crippen LogP contribution in [-0.2, 0) is 13.2 Å². The van der Waals surface area contributed by atoms with E-state index in [9.17, 15) is 22.8 Å². The standard InChI is InChI=1S/C13H10F3NO4/c1-7-10(17(2)21-11(7)18)12(19)20-9-5-3-4-8(6-9)13(14,15)16/h3-6H,1-2H3. The molecule has 0 radical (unpaired) electrons. The van der Waals surface area contributed by atoms with Crippen LogP contribution in [0.1, 0.15) is 21.6 Å². The first-order valence-electron chi connectivity index (χ1n) is 5.76. The Morgan fingerprint density at radius 1 is 1.33 bits per heavy atom. The molecule has 0 atom stereocenters. The van der Waals surface area contributed by atoms with Gasteiger partial charge in [-0.3, -0.25) is 0 Å². The number of aromatic nitrogens is 1. The predicted octanol–water partition coefficient (Wildman–Crippen LogP) is 2.52. The van der Waals surface area contributed by atoms with Crippen molar-refractivity contribution in [1.82, 2.24) is 4.74 Å². The van der Waals surface area contributed by atoms with Gasteiger partial charge in [-0.05, 0) is 25.1 Å². The van der Waals surface area contributed by atoms with Gasteiger partial charge in [0.15, 0.2) is 5.69 Å². The molecule has 5 nitrogen and oxygen atoms in total. The fourth-order valence-electron chi connectivity index (χ4n) is 1.74. The lowest BCUT2D eigenvalue weighted by Gasteiger charge is -2.09. The van der Waals surface area contributed by atoms with E-state index >= 15 is 0 Å². The second-order valence-electron chi connectivity index (χ2n) is 4.26. The zero-order valence-corrected chi connectivity index (χ0v) is 11.0. The van der Waals surface area contributed by atoms with E-state index < -0.39 is 23.3 Å². The summed E-state index contributed by atoms with van der Waals surface area (Å²) in [4.78, 5) is 23.2. The quantitative estimate of drug-likeness (QED) is 0.631. The Kier molecular flexibility index (Phi) is 3.63. The highest BCUT2D eigenvalue weighted by atomic mass is 19.4. The molecule has 0 unspecified atom stereocenters. The molecule has 1 heterocycles. The number of hydrogen-bond acceptors (Lipinski definition) is 4. The van der Waals surface area contributed by atoms with E-state index in [1.807, 2.05) is 0 Å². The molecule has 8 heteroatoms. The molecule has 21 heavy (non-hydrogen) atoms. The Hall–Kier alpha value is -2.51. The average Bonchev–Trinajstić information content (AvgIpc) is 2.62. The molecule has 1 aromatic heterocycles. The maximum Gasteiger partial charge on any atom is 0.416 e. The van der Waals surface area contributed by atoms with Gasteiger partial charge in [-0.15, -0.1) is 0 Å². The molecule has 112 valence electrons. The Morgan fingerprint density at radius 3 is 2.52 bits per heavy atom. The maximum atomic E-state index is 12.6. The van der Waals surface area contributed by atoms with E-state index in [0.29, 0.717) is 6.07 Å². The average molecular weight is 301 g/mol. The summed E-state index contributed by atoms with van der Waals surface area (Å²) in [7, 11) is 1.32. The molecule has 0 spiro atoms. The minimum absolute atomic E-state index is 0.0227. The highest BCUT2D eigenvalue weighted by Gasteiger charge is 2.31. The second kappa shape index (κ2) is 5.12. The van der Waals surface area contributed by atoms with E-state index in [1.165, 1.54) is 20.0 Å². The maximum absolute atomic E-state index is 12.6. The van der Waals surface area contributed by atoms with Crippen molar-refractivity contribution in [3.05, 3.63) is 51.5 Å². The normalized spacial score (nSPS) is 11.5. The smallest absolute Gasteiger partial charge is 0.416 e. The number of carbonyl (C=O) groups is 1. The first kappa shape index (κ1) is 14.9. The third-order valence-corrected chi connectivity index (χ3v) is 2.76. The van der Waals surface area contributed by atoms with Gasteiger partial charge in [0.25, 0.3) is 0 Å². The number of ether oxygens (including phenoxy) is 1. The van der Waals surface area contributed by atoms with Crippen LogP contribution in [0.2, 0.25) is 0 Å². The highest BCUT2D eigenvalue weighted by Crippen LogP contribution is 2.31. The third kappa shape index (κ3) is 2.99. The van der Waals surface area contributed by atoms with Crippen molar-refractivity contribution in [1.29, 1.82) is 0 Å². The van der Waals surface area contributed by atoms with E-state index in [4.69, 9.17) is 4.74 Å². The van der Waals surface area contributed by atoms with Crippen molar-refractivity contribution < 1.29 is 27.2 Å². The first-order chi connectivity index (χ1) is 9.70. The molecule has 0 saturated carbocycles. The largest absolute Gasteiger partial charge is 0.422 e. The van der Waals surface area contributed by atoms with Crippen molar-refractivity contribution in [2.45, 2.75) is 13.1 Å². The lowest BCUT2D eigenvalue weighted by atomic mass is 10.2. The summed E-state index contributed by atoms with van der Waals surface area (Å²) >= 11 is 0. The molecule has 0 fully saturated rings. The van der Waals surface area contributed by atoms with Crippen molar-refractivity contribution >= 4 is 5.97 Å². The van der Waals surface area contributed by atoms with E-state index in [-0.39, 0.29) is 17.0 Å². The number of hydrogen-bond donors (Lipinski definition) is 0. The molecular formula is C13H10F3NO4. The summed E-state index contributed by atoms with van der Waals surface area (Å²) in [5.41, 5.74) is -1.79. The molecule has 0 aliphatic carbocycles. The van der Waals surface area contributed by atoms with Crippen molar-refractivity contribution in [3.63, 3.8) is 0 Å². The number of nitrogens with zero attached hydrogens (tertiary/aromatic N) is 1. The van der Waals surface area contributed by atoms with Crippen LogP contribution in [0.25, 0.3) is 0 Å². The van der Waals surface area contributed by atoms with Crippen molar-refractivity contribution in [2.24, 2.45) is 7.05 Å². The second-order valence-corrected chi connectivity index (χ2v) is 4.26. The molecule has 2 aromatic rings. The van der Waals surface area contributed by atoms with Crippen LogP contribution in [-0.4, -0.2) is 10.7 Å². The van der Waals surface area contributed by atoms with Gasteiger partial charge in [-0.1, -0.05) is 6.07 Å². The summed E-state index contributed by atoms with van der Waals surface area (Å²) in [6.07, 6.45) is -4.54. The fourth-order valence-corrected chi connectivity index (χ4v) is 1.74. The van der Waals surface area contributed by atoms with Gasteiger partial charge in [0, 0.05) is 7.05 Å². The van der Waals surface area contributed by atoms with Crippen LogP contribution in [0.3, 0.4) is 0 Å². The van der Waals surface area contributed by atoms with E-state index in [1.54, 1.807) is 0 Å². The Bertz CT molecular complexity index is 743. The zero-order chi connectivity index (χ0) is 15.8. The summed E-state index contributed by atoms with van der Waals surface area (Å²) in [5.74, 6) is -1.25. The minimum Gasteiger partial charge on any atom is -0.422 e. The molecule has 0 N–H and O–H groups in total. The van der Waals surface area contributed by atoms with E-state index in [2.05, 4.69) is 4.52 Å². The number of halogens is 3. The Balaban J connectivity index is 2.30. The van der Waals surface area contributed by atoms with Crippen LogP contribution in [0.4, 0.5) is 13.2 Å². The monoisotopic (exact) mass is 301 g/mol. The van der Waals surface area contributed by atoms with Gasteiger partial charge in [0.2, 0.25) is 0 Å². The van der Waals surface area contributed by atoms with Crippen LogP contribution in [0.15, 0.2) is 33.6 Å². The van der Waals surface area contributed by atoms with Crippen LogP contribution in [0, 0.1) is 6.92 Å². The number of benzene rings is 1. The lowest BCUT2D eigenvalue weighted by Crippen LogP contribution is -2.15. The fraction of sp³-hybridized carbons (Fsp3) is 0.231. The summed E-state index contributed by atoms with van der Waals surface area (Å²) in [5, 5.41) is 0. The van der Waals surface area contributed by atoms with Gasteiger partial charge in [-0.25, -0.2) is 14.3 Å². The SMILES string of the molecule is Cc1c(C(=O)Oc2cccc(C(F)(F)F)c2)n(C)oc1=O. The van der Waals surface area contributed by atoms with E-state index in [0.717, 1.165) is 16.9 Å². The lowest BCUT2D eigenvalue weighted by molar-refractivity contribution is -0.137. The van der Waals surface area contributed by atoms with Crippen LogP contribution < -0.4 is 10.4 Å². The van der Waals surface area contributed by atoms with Crippen LogP contribution in [0.5, 0.6) is 5.75 Å². The van der Waals surface area contributed by atoms with Gasteiger partial charge in [0.05, 0.1) is 11.1 Å². The van der Waals surface area contributed by atoms with Gasteiger partial charge >= 0.3 is 17.8 Å². The number of aryl methyl sites for hydroxylation is 1. The molecule has 0 amide bonds. The molecular weight excluding hydrogens is 291 g/mol. The first-order valence-corrected chi connectivity index (χ1v) is 5.76. The molecule has 0 aliphatic rings. The summed E-state index contributed by atoms with van der Waals surface area (Å²) in [6.45, 7) is 1.36. The van der Waals surface area contributed by atoms with Gasteiger partial charge < -0.3 is 9.26 Å². The van der Waals surface area contributed by atoms with Gasteiger partial charge in [0.1, 0.15) is 5.75 Å². The van der Waals surface area contributed by atoms with Gasteiger partial charge in [-0.2, -0.15) is 13.2 Å². The van der Waals surface area contributed by atoms with Crippen LogP contribution >= 0.6 is 0 Å². The molecule has 0 aliphatic heterocycles. The molecule has 2 rings (SSSR count). The number of rotatable bonds is 2. The topological polar surface area (TPSA) is 61.4 Å². The Morgan fingerprint density at radius 2 is 2.00 bits per heavy atom. The molecule has 1 aromatic carbocycles.